The number of anilines is 1. The summed E-state index contributed by atoms with van der Waals surface area (Å²) in [5.74, 6) is -0.455. The first-order valence-electron chi connectivity index (χ1n) is 7.91. The van der Waals surface area contributed by atoms with E-state index in [1.165, 1.54) is 7.11 Å². The van der Waals surface area contributed by atoms with Crippen LogP contribution in [0.15, 0.2) is 42.5 Å². The van der Waals surface area contributed by atoms with Gasteiger partial charge < -0.3 is 10.1 Å². The molecule has 0 saturated heterocycles. The summed E-state index contributed by atoms with van der Waals surface area (Å²) in [5, 5.41) is 2.73. The van der Waals surface area contributed by atoms with Gasteiger partial charge in [-0.3, -0.25) is 19.3 Å². The quantitative estimate of drug-likeness (QED) is 0.851. The number of benzene rings is 2. The smallest absolute Gasteiger partial charge is 0.261 e. The molecule has 1 aliphatic rings. The molecule has 1 N–H and O–H groups in total. The van der Waals surface area contributed by atoms with Gasteiger partial charge in [-0.2, -0.15) is 0 Å². The number of imide groups is 1. The molecule has 1 aliphatic heterocycles. The third-order valence-corrected chi connectivity index (χ3v) is 4.07. The van der Waals surface area contributed by atoms with Crippen LogP contribution in [0, 0.1) is 6.92 Å². The molecule has 0 fully saturated rings. The lowest BCUT2D eigenvalue weighted by Gasteiger charge is -2.14. The second kappa shape index (κ2) is 6.76. The molecule has 3 rings (SSSR count). The third kappa shape index (κ3) is 3.24. The largest absolute Gasteiger partial charge is 0.495 e. The maximum Gasteiger partial charge on any atom is 0.261 e. The Morgan fingerprint density at radius 3 is 2.56 bits per heavy atom. The maximum atomic E-state index is 12.4. The van der Waals surface area contributed by atoms with E-state index in [9.17, 15) is 14.4 Å². The molecule has 0 aromatic heterocycles. The number of ether oxygens (including phenoxy) is 1. The predicted octanol–water partition coefficient (Wildman–Crippen LogP) is 2.63. The van der Waals surface area contributed by atoms with Crippen molar-refractivity contribution < 1.29 is 19.1 Å². The van der Waals surface area contributed by atoms with Crippen LogP contribution in [0.3, 0.4) is 0 Å². The molecule has 0 radical (unpaired) electrons. The first kappa shape index (κ1) is 16.7. The molecule has 0 atom stereocenters. The topological polar surface area (TPSA) is 75.7 Å². The van der Waals surface area contributed by atoms with Crippen LogP contribution in [0.4, 0.5) is 5.69 Å². The van der Waals surface area contributed by atoms with Gasteiger partial charge >= 0.3 is 0 Å². The normalized spacial score (nSPS) is 13.0. The number of carbonyl (C=O) groups is 3. The number of amides is 3. The lowest BCUT2D eigenvalue weighted by atomic mass is 10.1. The van der Waals surface area contributed by atoms with E-state index in [1.54, 1.807) is 42.5 Å². The number of carbonyl (C=O) groups excluding carboxylic acids is 3. The average molecular weight is 338 g/mol. The van der Waals surface area contributed by atoms with E-state index in [1.807, 2.05) is 6.92 Å². The summed E-state index contributed by atoms with van der Waals surface area (Å²) in [7, 11) is 1.52. The van der Waals surface area contributed by atoms with Gasteiger partial charge in [-0.15, -0.1) is 0 Å². The van der Waals surface area contributed by atoms with Gasteiger partial charge in [0, 0.05) is 13.0 Å². The van der Waals surface area contributed by atoms with E-state index in [-0.39, 0.29) is 30.7 Å². The minimum atomic E-state index is -0.356. The highest BCUT2D eigenvalue weighted by Crippen LogP contribution is 2.25. The van der Waals surface area contributed by atoms with Gasteiger partial charge in [-0.05, 0) is 31.2 Å². The van der Waals surface area contributed by atoms with Gasteiger partial charge in [0.2, 0.25) is 5.91 Å². The summed E-state index contributed by atoms with van der Waals surface area (Å²) in [6, 6.07) is 12.2. The summed E-state index contributed by atoms with van der Waals surface area (Å²) in [6.07, 6.45) is 0.0164. The Kier molecular flexibility index (Phi) is 4.52. The zero-order valence-corrected chi connectivity index (χ0v) is 14.0. The maximum absolute atomic E-state index is 12.4. The third-order valence-electron chi connectivity index (χ3n) is 4.07. The fourth-order valence-corrected chi connectivity index (χ4v) is 2.78. The van der Waals surface area contributed by atoms with E-state index < -0.39 is 0 Å². The molecule has 1 heterocycles. The van der Waals surface area contributed by atoms with Crippen molar-refractivity contribution in [2.45, 2.75) is 13.3 Å². The molecule has 2 aromatic carbocycles. The van der Waals surface area contributed by atoms with Gasteiger partial charge in [0.15, 0.2) is 0 Å². The van der Waals surface area contributed by atoms with E-state index in [2.05, 4.69) is 5.32 Å². The van der Waals surface area contributed by atoms with Crippen molar-refractivity contribution in [1.29, 1.82) is 0 Å². The zero-order chi connectivity index (χ0) is 18.0. The van der Waals surface area contributed by atoms with Crippen molar-refractivity contribution in [3.63, 3.8) is 0 Å². The Hall–Kier alpha value is -3.15. The summed E-state index contributed by atoms with van der Waals surface area (Å²) in [6.45, 7) is 1.90. The lowest BCUT2D eigenvalue weighted by molar-refractivity contribution is -0.116. The van der Waals surface area contributed by atoms with Crippen LogP contribution in [0.5, 0.6) is 5.75 Å². The number of hydrogen-bond acceptors (Lipinski definition) is 4. The molecule has 3 amide bonds. The van der Waals surface area contributed by atoms with Gasteiger partial charge in [-0.25, -0.2) is 0 Å². The van der Waals surface area contributed by atoms with E-state index in [0.29, 0.717) is 22.6 Å². The molecule has 0 spiro atoms. The minimum absolute atomic E-state index is 0.0164. The summed E-state index contributed by atoms with van der Waals surface area (Å²) in [5.41, 5.74) is 2.25. The Morgan fingerprint density at radius 2 is 1.80 bits per heavy atom. The average Bonchev–Trinajstić information content (AvgIpc) is 2.84. The molecular formula is C19H18N2O4. The summed E-state index contributed by atoms with van der Waals surface area (Å²) >= 11 is 0. The van der Waals surface area contributed by atoms with Crippen molar-refractivity contribution in [3.8, 4) is 5.75 Å². The summed E-state index contributed by atoms with van der Waals surface area (Å²) in [4.78, 5) is 38.0. The van der Waals surface area contributed by atoms with Crippen LogP contribution >= 0.6 is 0 Å². The van der Waals surface area contributed by atoms with Crippen LogP contribution in [-0.4, -0.2) is 36.3 Å². The Balaban J connectivity index is 1.65. The van der Waals surface area contributed by atoms with E-state index >= 15 is 0 Å². The van der Waals surface area contributed by atoms with Crippen LogP contribution < -0.4 is 10.1 Å². The number of aryl methyl sites for hydroxylation is 1. The van der Waals surface area contributed by atoms with Gasteiger partial charge in [0.05, 0.1) is 23.9 Å². The molecule has 128 valence electrons. The molecule has 25 heavy (non-hydrogen) atoms. The monoisotopic (exact) mass is 338 g/mol. The molecule has 6 nitrogen and oxygen atoms in total. The van der Waals surface area contributed by atoms with Gasteiger partial charge in [0.25, 0.3) is 11.8 Å². The lowest BCUT2D eigenvalue weighted by Crippen LogP contribution is -2.32. The Bertz CT molecular complexity index is 860. The number of fused-ring (bicyclic) bond motifs is 1. The second-order valence-electron chi connectivity index (χ2n) is 5.81. The van der Waals surface area contributed by atoms with Crippen molar-refractivity contribution in [1.82, 2.24) is 4.90 Å². The Morgan fingerprint density at radius 1 is 1.08 bits per heavy atom. The highest BCUT2D eigenvalue weighted by molar-refractivity contribution is 6.21. The SMILES string of the molecule is COc1ccccc1NC(=O)CCN1C(=O)c2ccc(C)cc2C1=O. The zero-order valence-electron chi connectivity index (χ0n) is 14.0. The molecule has 2 aromatic rings. The minimum Gasteiger partial charge on any atom is -0.495 e. The molecule has 6 heteroatoms. The number of nitrogens with one attached hydrogen (secondary N) is 1. The number of rotatable bonds is 5. The van der Waals surface area contributed by atoms with Crippen LogP contribution in [0.25, 0.3) is 0 Å². The fourth-order valence-electron chi connectivity index (χ4n) is 2.78. The summed E-state index contributed by atoms with van der Waals surface area (Å²) < 4.78 is 5.18. The fraction of sp³-hybridized carbons (Fsp3) is 0.211. The van der Waals surface area contributed by atoms with E-state index in [4.69, 9.17) is 4.74 Å². The number of para-hydroxylation sites is 2. The van der Waals surface area contributed by atoms with Gasteiger partial charge in [0.1, 0.15) is 5.75 Å². The molecule has 0 aliphatic carbocycles. The van der Waals surface area contributed by atoms with Crippen LogP contribution in [0.2, 0.25) is 0 Å². The van der Waals surface area contributed by atoms with Crippen molar-refractivity contribution >= 4 is 23.4 Å². The number of methoxy groups -OCH3 is 1. The van der Waals surface area contributed by atoms with Crippen LogP contribution in [-0.2, 0) is 4.79 Å². The molecule has 0 unspecified atom stereocenters. The molecule has 0 saturated carbocycles. The van der Waals surface area contributed by atoms with Crippen LogP contribution in [0.1, 0.15) is 32.7 Å². The van der Waals surface area contributed by atoms with Crippen molar-refractivity contribution in [3.05, 3.63) is 59.2 Å². The van der Waals surface area contributed by atoms with Crippen molar-refractivity contribution in [2.75, 3.05) is 19.0 Å². The standard InChI is InChI=1S/C19H18N2O4/c1-12-7-8-13-14(11-12)19(24)21(18(13)23)10-9-17(22)20-15-5-3-4-6-16(15)25-2/h3-8,11H,9-10H2,1-2H3,(H,20,22). The Labute approximate surface area is 145 Å². The first-order valence-corrected chi connectivity index (χ1v) is 7.91. The van der Waals surface area contributed by atoms with E-state index in [0.717, 1.165) is 10.5 Å². The predicted molar refractivity (Wildman–Crippen MR) is 92.8 cm³/mol. The number of nitrogens with zero attached hydrogens (tertiary/aromatic N) is 1. The molecule has 0 bridgehead atoms. The van der Waals surface area contributed by atoms with Gasteiger partial charge in [-0.1, -0.05) is 23.8 Å². The van der Waals surface area contributed by atoms with Crippen molar-refractivity contribution in [2.24, 2.45) is 0 Å². The second-order valence-corrected chi connectivity index (χ2v) is 5.81. The molecular weight excluding hydrogens is 320 g/mol. The highest BCUT2D eigenvalue weighted by atomic mass is 16.5. The highest BCUT2D eigenvalue weighted by Gasteiger charge is 2.35. The number of hydrogen-bond donors (Lipinski definition) is 1. The first-order chi connectivity index (χ1) is 12.0.